The van der Waals surface area contributed by atoms with Gasteiger partial charge in [-0.05, 0) is 93.3 Å². The molecule has 1 N–H and O–H groups in total. The van der Waals surface area contributed by atoms with Gasteiger partial charge in [0, 0.05) is 5.69 Å². The molecule has 0 saturated heterocycles. The minimum atomic E-state index is -3.93. The predicted octanol–water partition coefficient (Wildman–Crippen LogP) is 5.06. The molecule has 0 aromatic heterocycles. The van der Waals surface area contributed by atoms with Crippen molar-refractivity contribution in [2.45, 2.75) is 39.5 Å². The lowest BCUT2D eigenvalue weighted by Crippen LogP contribution is -2.38. The van der Waals surface area contributed by atoms with Crippen molar-refractivity contribution in [1.29, 1.82) is 0 Å². The minimum absolute atomic E-state index is 0.149. The van der Waals surface area contributed by atoms with E-state index in [2.05, 4.69) is 5.32 Å². The second-order valence-electron chi connectivity index (χ2n) is 8.02. The summed E-state index contributed by atoms with van der Waals surface area (Å²) in [6.07, 6.45) is 0. The molecule has 3 rings (SSSR count). The largest absolute Gasteiger partial charge is 0.325 e. The third-order valence-corrected chi connectivity index (χ3v) is 6.97. The number of nitrogens with zero attached hydrogens (tertiary/aromatic N) is 1. The molecule has 5 nitrogen and oxygen atoms in total. The van der Waals surface area contributed by atoms with Crippen LogP contribution in [-0.2, 0) is 14.8 Å². The maximum absolute atomic E-state index is 13.5. The lowest BCUT2D eigenvalue weighted by atomic mass is 10.1. The van der Waals surface area contributed by atoms with Gasteiger partial charge in [0.05, 0.1) is 10.6 Å². The summed E-state index contributed by atoms with van der Waals surface area (Å²) in [5, 5.41) is 2.83. The molecular formula is C25H28N2O3S. The summed E-state index contributed by atoms with van der Waals surface area (Å²) in [6, 6.07) is 17.8. The molecule has 0 heterocycles. The van der Waals surface area contributed by atoms with E-state index < -0.39 is 15.9 Å². The normalized spacial score (nSPS) is 11.3. The van der Waals surface area contributed by atoms with Crippen LogP contribution in [0.5, 0.6) is 0 Å². The smallest absolute Gasteiger partial charge is 0.264 e. The van der Waals surface area contributed by atoms with Crippen LogP contribution in [0.1, 0.15) is 27.8 Å². The first kappa shape index (κ1) is 22.6. The molecule has 0 saturated carbocycles. The van der Waals surface area contributed by atoms with Gasteiger partial charge in [0.15, 0.2) is 0 Å². The molecule has 6 heteroatoms. The standard InChI is InChI=1S/C25H28N2O3S/c1-17-6-10-24(11-7-17)31(29,30)27(23-13-18(2)12-19(3)14-23)16-25(28)26-22-9-8-20(4)21(5)15-22/h6-15H,16H2,1-5H3,(H,26,28). The number of nitrogens with one attached hydrogen (secondary N) is 1. The Balaban J connectivity index is 1.98. The van der Waals surface area contributed by atoms with Crippen LogP contribution < -0.4 is 9.62 Å². The number of aryl methyl sites for hydroxylation is 5. The number of hydrogen-bond donors (Lipinski definition) is 1. The first-order valence-corrected chi connectivity index (χ1v) is 11.5. The number of sulfonamides is 1. The number of carbonyl (C=O) groups is 1. The van der Waals surface area contributed by atoms with E-state index in [0.29, 0.717) is 11.4 Å². The highest BCUT2D eigenvalue weighted by atomic mass is 32.2. The Morgan fingerprint density at radius 2 is 1.39 bits per heavy atom. The van der Waals surface area contributed by atoms with Gasteiger partial charge in [-0.25, -0.2) is 8.42 Å². The second-order valence-corrected chi connectivity index (χ2v) is 9.88. The van der Waals surface area contributed by atoms with Gasteiger partial charge in [-0.3, -0.25) is 9.10 Å². The third kappa shape index (κ3) is 5.33. The van der Waals surface area contributed by atoms with E-state index in [4.69, 9.17) is 0 Å². The van der Waals surface area contributed by atoms with E-state index in [1.165, 1.54) is 4.31 Å². The van der Waals surface area contributed by atoms with Gasteiger partial charge >= 0.3 is 0 Å². The molecule has 0 fully saturated rings. The van der Waals surface area contributed by atoms with Gasteiger partial charge < -0.3 is 5.32 Å². The Bertz CT molecular complexity index is 1200. The average Bonchev–Trinajstić information content (AvgIpc) is 2.68. The molecule has 1 amide bonds. The number of rotatable bonds is 6. The summed E-state index contributed by atoms with van der Waals surface area (Å²) in [6.45, 7) is 9.34. The second kappa shape index (κ2) is 8.94. The highest BCUT2D eigenvalue weighted by molar-refractivity contribution is 7.92. The summed E-state index contributed by atoms with van der Waals surface area (Å²) in [5.41, 5.74) is 6.09. The fourth-order valence-electron chi connectivity index (χ4n) is 3.40. The van der Waals surface area contributed by atoms with E-state index in [1.54, 1.807) is 36.4 Å². The third-order valence-electron chi connectivity index (χ3n) is 5.18. The Morgan fingerprint density at radius 3 is 1.97 bits per heavy atom. The molecule has 0 aliphatic carbocycles. The van der Waals surface area contributed by atoms with Gasteiger partial charge in [0.2, 0.25) is 5.91 Å². The monoisotopic (exact) mass is 436 g/mol. The van der Waals surface area contributed by atoms with E-state index in [0.717, 1.165) is 27.8 Å². The van der Waals surface area contributed by atoms with Crippen LogP contribution in [0.3, 0.4) is 0 Å². The van der Waals surface area contributed by atoms with Crippen molar-refractivity contribution in [3.63, 3.8) is 0 Å². The number of amides is 1. The van der Waals surface area contributed by atoms with Crippen molar-refractivity contribution in [3.8, 4) is 0 Å². The maximum Gasteiger partial charge on any atom is 0.264 e. The van der Waals surface area contributed by atoms with Gasteiger partial charge in [-0.15, -0.1) is 0 Å². The number of carbonyl (C=O) groups excluding carboxylic acids is 1. The molecule has 0 unspecified atom stereocenters. The lowest BCUT2D eigenvalue weighted by molar-refractivity contribution is -0.114. The number of hydrogen-bond acceptors (Lipinski definition) is 3. The quantitative estimate of drug-likeness (QED) is 0.587. The van der Waals surface area contributed by atoms with Crippen LogP contribution in [0.25, 0.3) is 0 Å². The SMILES string of the molecule is Cc1ccc(S(=O)(=O)N(CC(=O)Nc2ccc(C)c(C)c2)c2cc(C)cc(C)c2)cc1. The first-order valence-electron chi connectivity index (χ1n) is 10.1. The van der Waals surface area contributed by atoms with Crippen LogP contribution in [0, 0.1) is 34.6 Å². The van der Waals surface area contributed by atoms with Gasteiger partial charge in [-0.2, -0.15) is 0 Å². The Labute approximate surface area is 184 Å². The molecule has 162 valence electrons. The molecule has 3 aromatic carbocycles. The van der Waals surface area contributed by atoms with Crippen molar-refractivity contribution in [1.82, 2.24) is 0 Å². The Hall–Kier alpha value is -3.12. The van der Waals surface area contributed by atoms with Gasteiger partial charge in [-0.1, -0.05) is 29.8 Å². The topological polar surface area (TPSA) is 66.5 Å². The molecular weight excluding hydrogens is 408 g/mol. The maximum atomic E-state index is 13.5. The lowest BCUT2D eigenvalue weighted by Gasteiger charge is -2.25. The molecule has 0 aliphatic heterocycles. The molecule has 0 bridgehead atoms. The van der Waals surface area contributed by atoms with Gasteiger partial charge in [0.1, 0.15) is 6.54 Å². The molecule has 3 aromatic rings. The summed E-state index contributed by atoms with van der Waals surface area (Å²) < 4.78 is 28.2. The molecule has 0 spiro atoms. The number of benzene rings is 3. The Kier molecular flexibility index (Phi) is 6.51. The summed E-state index contributed by atoms with van der Waals surface area (Å²) >= 11 is 0. The van der Waals surface area contributed by atoms with Crippen LogP contribution in [-0.4, -0.2) is 20.9 Å². The zero-order valence-corrected chi connectivity index (χ0v) is 19.4. The molecule has 0 radical (unpaired) electrons. The summed E-state index contributed by atoms with van der Waals surface area (Å²) in [4.78, 5) is 13.0. The van der Waals surface area contributed by atoms with Crippen molar-refractivity contribution < 1.29 is 13.2 Å². The van der Waals surface area contributed by atoms with Crippen LogP contribution >= 0.6 is 0 Å². The zero-order valence-electron chi connectivity index (χ0n) is 18.6. The fourth-order valence-corrected chi connectivity index (χ4v) is 4.80. The van der Waals surface area contributed by atoms with Crippen molar-refractivity contribution >= 4 is 27.3 Å². The average molecular weight is 437 g/mol. The van der Waals surface area contributed by atoms with Crippen molar-refractivity contribution in [2.24, 2.45) is 0 Å². The van der Waals surface area contributed by atoms with Gasteiger partial charge in [0.25, 0.3) is 10.0 Å². The molecule has 0 aliphatic rings. The Morgan fingerprint density at radius 1 is 0.774 bits per heavy atom. The highest BCUT2D eigenvalue weighted by Crippen LogP contribution is 2.26. The van der Waals surface area contributed by atoms with Crippen molar-refractivity contribution in [3.05, 3.63) is 88.5 Å². The van der Waals surface area contributed by atoms with Crippen LogP contribution in [0.4, 0.5) is 11.4 Å². The fraction of sp³-hybridized carbons (Fsp3) is 0.240. The first-order chi connectivity index (χ1) is 14.6. The number of anilines is 2. The van der Waals surface area contributed by atoms with Crippen LogP contribution in [0.2, 0.25) is 0 Å². The minimum Gasteiger partial charge on any atom is -0.325 e. The van der Waals surface area contributed by atoms with E-state index in [1.807, 2.05) is 58.9 Å². The zero-order chi connectivity index (χ0) is 22.8. The molecule has 31 heavy (non-hydrogen) atoms. The van der Waals surface area contributed by atoms with E-state index >= 15 is 0 Å². The van der Waals surface area contributed by atoms with Crippen LogP contribution in [0.15, 0.2) is 65.6 Å². The summed E-state index contributed by atoms with van der Waals surface area (Å²) in [7, 11) is -3.93. The van der Waals surface area contributed by atoms with E-state index in [-0.39, 0.29) is 11.4 Å². The predicted molar refractivity (Wildman–Crippen MR) is 126 cm³/mol. The highest BCUT2D eigenvalue weighted by Gasteiger charge is 2.27. The molecule has 0 atom stereocenters. The summed E-state index contributed by atoms with van der Waals surface area (Å²) in [5.74, 6) is -0.405. The van der Waals surface area contributed by atoms with E-state index in [9.17, 15) is 13.2 Å². The van der Waals surface area contributed by atoms with Crippen molar-refractivity contribution in [2.75, 3.05) is 16.2 Å².